The number of hydrogen-bond donors (Lipinski definition) is 2. The number of rotatable bonds is 12. The Labute approximate surface area is 126 Å². The van der Waals surface area contributed by atoms with Gasteiger partial charge in [-0.2, -0.15) is 0 Å². The van der Waals surface area contributed by atoms with Crippen molar-refractivity contribution < 1.29 is 13.6 Å². The maximum atomic E-state index is 12.1. The molecule has 120 valence electrons. The van der Waals surface area contributed by atoms with Gasteiger partial charge in [0, 0.05) is 5.41 Å². The molecule has 0 spiro atoms. The molecule has 5 heteroatoms. The zero-order chi connectivity index (χ0) is 15.4. The van der Waals surface area contributed by atoms with Crippen molar-refractivity contribution in [3.8, 4) is 0 Å². The van der Waals surface area contributed by atoms with Crippen molar-refractivity contribution in [1.29, 1.82) is 0 Å². The third-order valence-corrected chi connectivity index (χ3v) is 4.25. The van der Waals surface area contributed by atoms with Crippen molar-refractivity contribution >= 4 is 17.2 Å². The van der Waals surface area contributed by atoms with E-state index in [1.165, 1.54) is 25.7 Å². The molecule has 0 aromatic heterocycles. The number of unbranched alkanes of at least 4 members (excludes halogenated alkanes) is 6. The van der Waals surface area contributed by atoms with Gasteiger partial charge in [0.2, 0.25) is 5.91 Å². The summed E-state index contributed by atoms with van der Waals surface area (Å²) in [5.41, 5.74) is -0.514. The van der Waals surface area contributed by atoms with E-state index in [1.807, 2.05) is 6.92 Å². The van der Waals surface area contributed by atoms with Crippen molar-refractivity contribution in [2.75, 3.05) is 0 Å². The number of nitrogens with one attached hydrogen (secondary N) is 1. The molecule has 0 saturated heterocycles. The van der Waals surface area contributed by atoms with Gasteiger partial charge in [-0.25, -0.2) is 4.21 Å². The Morgan fingerprint density at radius 3 is 1.80 bits per heavy atom. The van der Waals surface area contributed by atoms with Crippen molar-refractivity contribution in [1.82, 2.24) is 4.72 Å². The van der Waals surface area contributed by atoms with E-state index in [2.05, 4.69) is 18.6 Å². The van der Waals surface area contributed by atoms with Crippen molar-refractivity contribution in [2.45, 2.75) is 85.0 Å². The summed E-state index contributed by atoms with van der Waals surface area (Å²) >= 11 is -2.26. The van der Waals surface area contributed by atoms with Gasteiger partial charge in [-0.3, -0.25) is 14.1 Å². The second-order valence-electron chi connectivity index (χ2n) is 5.86. The predicted molar refractivity (Wildman–Crippen MR) is 84.5 cm³/mol. The Morgan fingerprint density at radius 1 is 1.00 bits per heavy atom. The van der Waals surface area contributed by atoms with Crippen LogP contribution in [0, 0.1) is 5.41 Å². The maximum Gasteiger partial charge on any atom is 0.261 e. The highest BCUT2D eigenvalue weighted by atomic mass is 32.2. The molecule has 2 N–H and O–H groups in total. The first-order valence-electron chi connectivity index (χ1n) is 7.88. The van der Waals surface area contributed by atoms with Gasteiger partial charge >= 0.3 is 0 Å². The minimum absolute atomic E-state index is 0.286. The molecule has 4 nitrogen and oxygen atoms in total. The molecule has 0 aromatic carbocycles. The number of hydrogen-bond acceptors (Lipinski definition) is 2. The first-order chi connectivity index (χ1) is 9.46. The standard InChI is InChI=1S/C15H31NO3S/c1-4-6-8-10-12-15(3,13-11-9-7-5-2)14(17)16-20(18)19/h4-13H2,1-3H3,(H,16,17)(H,18,19). The third kappa shape index (κ3) is 8.69. The van der Waals surface area contributed by atoms with Crippen LogP contribution in [0.1, 0.15) is 85.0 Å². The van der Waals surface area contributed by atoms with Crippen LogP contribution in [-0.4, -0.2) is 14.7 Å². The summed E-state index contributed by atoms with van der Waals surface area (Å²) in [7, 11) is 0. The van der Waals surface area contributed by atoms with Crippen LogP contribution in [0.2, 0.25) is 0 Å². The molecule has 0 aliphatic heterocycles. The molecule has 0 heterocycles. The molecule has 1 atom stereocenters. The van der Waals surface area contributed by atoms with Gasteiger partial charge < -0.3 is 0 Å². The summed E-state index contributed by atoms with van der Waals surface area (Å²) in [6.07, 6.45) is 10.5. The van der Waals surface area contributed by atoms with E-state index in [0.29, 0.717) is 0 Å². The van der Waals surface area contributed by atoms with E-state index in [0.717, 1.165) is 38.5 Å². The van der Waals surface area contributed by atoms with Gasteiger partial charge in [0.05, 0.1) is 0 Å². The summed E-state index contributed by atoms with van der Waals surface area (Å²) in [5, 5.41) is 0. The zero-order valence-electron chi connectivity index (χ0n) is 13.2. The van der Waals surface area contributed by atoms with Crippen molar-refractivity contribution in [2.24, 2.45) is 5.41 Å². The van der Waals surface area contributed by atoms with Crippen LogP contribution in [0.4, 0.5) is 0 Å². The second-order valence-corrected chi connectivity index (χ2v) is 6.56. The largest absolute Gasteiger partial charge is 0.289 e. The highest BCUT2D eigenvalue weighted by Crippen LogP contribution is 2.31. The molecule has 0 fully saturated rings. The summed E-state index contributed by atoms with van der Waals surface area (Å²) in [6, 6.07) is 0. The lowest BCUT2D eigenvalue weighted by Gasteiger charge is -2.27. The van der Waals surface area contributed by atoms with E-state index < -0.39 is 16.7 Å². The van der Waals surface area contributed by atoms with Gasteiger partial charge in [0.25, 0.3) is 11.3 Å². The van der Waals surface area contributed by atoms with Crippen LogP contribution < -0.4 is 4.72 Å². The van der Waals surface area contributed by atoms with Gasteiger partial charge in [-0.1, -0.05) is 72.1 Å². The average molecular weight is 305 g/mol. The Balaban J connectivity index is 4.40. The SMILES string of the molecule is CCCCCCC(C)(CCCCCC)C(=O)NS(=O)O. The lowest BCUT2D eigenvalue weighted by atomic mass is 9.79. The summed E-state index contributed by atoms with van der Waals surface area (Å²) < 4.78 is 21.8. The zero-order valence-corrected chi connectivity index (χ0v) is 14.1. The summed E-state index contributed by atoms with van der Waals surface area (Å²) in [5.74, 6) is -0.286. The van der Waals surface area contributed by atoms with Gasteiger partial charge in [0.1, 0.15) is 0 Å². The van der Waals surface area contributed by atoms with E-state index in [-0.39, 0.29) is 5.91 Å². The maximum absolute atomic E-state index is 12.1. The number of carbonyl (C=O) groups is 1. The van der Waals surface area contributed by atoms with Crippen LogP contribution in [0.15, 0.2) is 0 Å². The third-order valence-electron chi connectivity index (χ3n) is 3.89. The Morgan fingerprint density at radius 2 is 1.45 bits per heavy atom. The van der Waals surface area contributed by atoms with Crippen molar-refractivity contribution in [3.63, 3.8) is 0 Å². The molecule has 0 bridgehead atoms. The molecule has 1 unspecified atom stereocenters. The topological polar surface area (TPSA) is 66.4 Å². The fraction of sp³-hybridized carbons (Fsp3) is 0.933. The smallest absolute Gasteiger partial charge is 0.261 e. The van der Waals surface area contributed by atoms with Crippen LogP contribution in [-0.2, 0) is 16.1 Å². The molecular formula is C15H31NO3S. The minimum atomic E-state index is -2.26. The molecule has 20 heavy (non-hydrogen) atoms. The molecule has 0 saturated carbocycles. The van der Waals surface area contributed by atoms with Crippen molar-refractivity contribution in [3.05, 3.63) is 0 Å². The first kappa shape index (κ1) is 19.6. The van der Waals surface area contributed by atoms with Gasteiger partial charge in [-0.15, -0.1) is 0 Å². The van der Waals surface area contributed by atoms with Gasteiger partial charge in [0.15, 0.2) is 0 Å². The van der Waals surface area contributed by atoms with E-state index in [9.17, 15) is 9.00 Å². The Bertz CT molecular complexity index is 283. The molecule has 0 radical (unpaired) electrons. The lowest BCUT2D eigenvalue weighted by molar-refractivity contribution is -0.129. The highest BCUT2D eigenvalue weighted by molar-refractivity contribution is 7.77. The number of amides is 1. The van der Waals surface area contributed by atoms with E-state index in [1.54, 1.807) is 0 Å². The van der Waals surface area contributed by atoms with Crippen LogP contribution >= 0.6 is 0 Å². The fourth-order valence-corrected chi connectivity index (χ4v) is 2.84. The molecule has 1 amide bonds. The van der Waals surface area contributed by atoms with Crippen LogP contribution in [0.5, 0.6) is 0 Å². The van der Waals surface area contributed by atoms with Crippen LogP contribution in [0.3, 0.4) is 0 Å². The molecule has 0 aromatic rings. The average Bonchev–Trinajstić information content (AvgIpc) is 2.39. The van der Waals surface area contributed by atoms with Gasteiger partial charge in [-0.05, 0) is 12.8 Å². The Hall–Kier alpha value is -0.420. The predicted octanol–water partition coefficient (Wildman–Crippen LogP) is 4.19. The summed E-state index contributed by atoms with van der Waals surface area (Å²) in [4.78, 5) is 12.1. The second kappa shape index (κ2) is 11.3. The normalized spacial score (nSPS) is 13.2. The van der Waals surface area contributed by atoms with E-state index in [4.69, 9.17) is 4.55 Å². The lowest BCUT2D eigenvalue weighted by Crippen LogP contribution is -2.39. The number of carbonyl (C=O) groups excluding carboxylic acids is 1. The Kier molecular flexibility index (Phi) is 11.0. The fourth-order valence-electron chi connectivity index (χ4n) is 2.44. The molecule has 0 aliphatic carbocycles. The first-order valence-corrected chi connectivity index (χ1v) is 8.99. The molecular weight excluding hydrogens is 274 g/mol. The monoisotopic (exact) mass is 305 g/mol. The van der Waals surface area contributed by atoms with E-state index >= 15 is 0 Å². The minimum Gasteiger partial charge on any atom is -0.289 e. The quantitative estimate of drug-likeness (QED) is 0.420. The molecule has 0 aliphatic rings. The van der Waals surface area contributed by atoms with Crippen LogP contribution in [0.25, 0.3) is 0 Å². The highest BCUT2D eigenvalue weighted by Gasteiger charge is 2.32. The molecule has 0 rings (SSSR count). The summed E-state index contributed by atoms with van der Waals surface area (Å²) in [6.45, 7) is 6.24.